The average Bonchev–Trinajstić information content (AvgIpc) is 3.02. The quantitative estimate of drug-likeness (QED) is 0.797. The van der Waals surface area contributed by atoms with Crippen LogP contribution in [-0.4, -0.2) is 26.0 Å². The van der Waals surface area contributed by atoms with Crippen LogP contribution >= 0.6 is 0 Å². The van der Waals surface area contributed by atoms with Crippen molar-refractivity contribution in [3.05, 3.63) is 53.8 Å². The standard InChI is InChI=1S/C15H13N5O2/c1-9-3-4-10(2)11(7-9)18-14(21)15-19-13(20-22-15)12-8-16-5-6-17-12/h3-8H,1-2H3,(H,18,21). The molecule has 2 heterocycles. The molecule has 0 radical (unpaired) electrons. The Bertz CT molecular complexity index is 814. The monoisotopic (exact) mass is 295 g/mol. The van der Waals surface area contributed by atoms with Gasteiger partial charge >= 0.3 is 11.8 Å². The zero-order valence-electron chi connectivity index (χ0n) is 12.1. The van der Waals surface area contributed by atoms with Crippen LogP contribution in [0.15, 0.2) is 41.3 Å². The molecule has 2 aromatic heterocycles. The van der Waals surface area contributed by atoms with E-state index in [-0.39, 0.29) is 11.7 Å². The number of hydrogen-bond donors (Lipinski definition) is 1. The van der Waals surface area contributed by atoms with Crippen molar-refractivity contribution in [1.82, 2.24) is 20.1 Å². The van der Waals surface area contributed by atoms with Gasteiger partial charge in [0.25, 0.3) is 0 Å². The number of amides is 1. The topological polar surface area (TPSA) is 93.8 Å². The Balaban J connectivity index is 1.81. The van der Waals surface area contributed by atoms with E-state index >= 15 is 0 Å². The van der Waals surface area contributed by atoms with Crippen molar-refractivity contribution < 1.29 is 9.32 Å². The summed E-state index contributed by atoms with van der Waals surface area (Å²) in [6.07, 6.45) is 4.55. The molecule has 3 rings (SSSR count). The van der Waals surface area contributed by atoms with Gasteiger partial charge < -0.3 is 9.84 Å². The van der Waals surface area contributed by atoms with Gasteiger partial charge in [0.15, 0.2) is 0 Å². The molecule has 1 amide bonds. The number of carbonyl (C=O) groups is 1. The Morgan fingerprint density at radius 1 is 1.23 bits per heavy atom. The molecular weight excluding hydrogens is 282 g/mol. The summed E-state index contributed by atoms with van der Waals surface area (Å²) in [5.74, 6) is -0.364. The Hall–Kier alpha value is -3.09. The van der Waals surface area contributed by atoms with Crippen molar-refractivity contribution in [3.8, 4) is 11.5 Å². The van der Waals surface area contributed by atoms with Crippen LogP contribution in [0.1, 0.15) is 21.8 Å². The molecular formula is C15H13N5O2. The van der Waals surface area contributed by atoms with E-state index in [4.69, 9.17) is 4.52 Å². The summed E-state index contributed by atoms with van der Waals surface area (Å²) in [4.78, 5) is 24.2. The highest BCUT2D eigenvalue weighted by atomic mass is 16.5. The van der Waals surface area contributed by atoms with E-state index < -0.39 is 5.91 Å². The van der Waals surface area contributed by atoms with Crippen LogP contribution in [0, 0.1) is 13.8 Å². The van der Waals surface area contributed by atoms with Gasteiger partial charge in [-0.1, -0.05) is 17.3 Å². The summed E-state index contributed by atoms with van der Waals surface area (Å²) in [5.41, 5.74) is 3.15. The van der Waals surface area contributed by atoms with Gasteiger partial charge in [0.1, 0.15) is 5.69 Å². The van der Waals surface area contributed by atoms with Crippen molar-refractivity contribution >= 4 is 11.6 Å². The number of anilines is 1. The van der Waals surface area contributed by atoms with Crippen LogP contribution in [0.3, 0.4) is 0 Å². The lowest BCUT2D eigenvalue weighted by molar-refractivity contribution is 0.0981. The van der Waals surface area contributed by atoms with Crippen LogP contribution in [0.2, 0.25) is 0 Å². The van der Waals surface area contributed by atoms with Crippen molar-refractivity contribution in [2.45, 2.75) is 13.8 Å². The highest BCUT2D eigenvalue weighted by Crippen LogP contribution is 2.18. The van der Waals surface area contributed by atoms with Gasteiger partial charge in [0, 0.05) is 18.1 Å². The molecule has 3 aromatic rings. The average molecular weight is 295 g/mol. The smallest absolute Gasteiger partial charge is 0.316 e. The van der Waals surface area contributed by atoms with E-state index in [1.54, 1.807) is 0 Å². The summed E-state index contributed by atoms with van der Waals surface area (Å²) >= 11 is 0. The third-order valence-corrected chi connectivity index (χ3v) is 3.05. The van der Waals surface area contributed by atoms with Gasteiger partial charge in [-0.15, -0.1) is 0 Å². The van der Waals surface area contributed by atoms with Crippen molar-refractivity contribution in [2.75, 3.05) is 5.32 Å². The summed E-state index contributed by atoms with van der Waals surface area (Å²) in [7, 11) is 0. The molecule has 0 spiro atoms. The molecule has 0 unspecified atom stereocenters. The van der Waals surface area contributed by atoms with E-state index in [0.717, 1.165) is 11.1 Å². The molecule has 0 aliphatic rings. The molecule has 7 heteroatoms. The fraction of sp³-hybridized carbons (Fsp3) is 0.133. The van der Waals surface area contributed by atoms with E-state index in [2.05, 4.69) is 25.4 Å². The highest BCUT2D eigenvalue weighted by molar-refractivity contribution is 6.01. The molecule has 1 N–H and O–H groups in total. The molecule has 1 aromatic carbocycles. The van der Waals surface area contributed by atoms with Gasteiger partial charge in [-0.25, -0.2) is 4.98 Å². The van der Waals surface area contributed by atoms with Crippen molar-refractivity contribution in [3.63, 3.8) is 0 Å². The van der Waals surface area contributed by atoms with E-state index in [9.17, 15) is 4.79 Å². The molecule has 0 fully saturated rings. The summed E-state index contributed by atoms with van der Waals surface area (Å²) in [5, 5.41) is 6.50. The maximum absolute atomic E-state index is 12.2. The third kappa shape index (κ3) is 2.83. The first-order valence-electron chi connectivity index (χ1n) is 6.62. The van der Waals surface area contributed by atoms with Crippen molar-refractivity contribution in [1.29, 1.82) is 0 Å². The molecule has 0 atom stereocenters. The minimum Gasteiger partial charge on any atom is -0.328 e. The molecule has 0 saturated carbocycles. The minimum absolute atomic E-state index is 0.124. The van der Waals surface area contributed by atoms with Gasteiger partial charge in [0.2, 0.25) is 5.82 Å². The Kier molecular flexibility index (Phi) is 3.61. The predicted molar refractivity (Wildman–Crippen MR) is 79.2 cm³/mol. The minimum atomic E-state index is -0.462. The van der Waals surface area contributed by atoms with Gasteiger partial charge in [-0.05, 0) is 31.0 Å². The largest absolute Gasteiger partial charge is 0.328 e. The van der Waals surface area contributed by atoms with Crippen molar-refractivity contribution in [2.24, 2.45) is 0 Å². The number of rotatable bonds is 3. The van der Waals surface area contributed by atoms with Crippen LogP contribution < -0.4 is 5.32 Å². The number of hydrogen-bond acceptors (Lipinski definition) is 6. The number of aryl methyl sites for hydroxylation is 2. The maximum Gasteiger partial charge on any atom is 0.316 e. The SMILES string of the molecule is Cc1ccc(C)c(NC(=O)c2nc(-c3cnccn3)no2)c1. The normalized spacial score (nSPS) is 10.5. The number of carbonyl (C=O) groups excluding carboxylic acids is 1. The van der Waals surface area contributed by atoms with Gasteiger partial charge in [-0.3, -0.25) is 9.78 Å². The van der Waals surface area contributed by atoms with Crippen LogP contribution in [0.25, 0.3) is 11.5 Å². The lowest BCUT2D eigenvalue weighted by atomic mass is 10.1. The molecule has 0 saturated heterocycles. The Labute approximate surface area is 126 Å². The first-order chi connectivity index (χ1) is 10.6. The molecule has 0 aliphatic carbocycles. The zero-order valence-corrected chi connectivity index (χ0v) is 12.1. The molecule has 110 valence electrons. The highest BCUT2D eigenvalue weighted by Gasteiger charge is 2.17. The second-order valence-corrected chi connectivity index (χ2v) is 4.79. The van der Waals surface area contributed by atoms with Gasteiger partial charge in [0.05, 0.1) is 6.20 Å². The summed E-state index contributed by atoms with van der Waals surface area (Å²) < 4.78 is 4.98. The predicted octanol–water partition coefficient (Wildman–Crippen LogP) is 2.40. The van der Waals surface area contributed by atoms with E-state index in [1.807, 2.05) is 32.0 Å². The Morgan fingerprint density at radius 2 is 2.09 bits per heavy atom. The zero-order chi connectivity index (χ0) is 15.5. The third-order valence-electron chi connectivity index (χ3n) is 3.05. The maximum atomic E-state index is 12.2. The second-order valence-electron chi connectivity index (χ2n) is 4.79. The number of nitrogens with zero attached hydrogens (tertiary/aromatic N) is 4. The first kappa shape index (κ1) is 13.9. The molecule has 22 heavy (non-hydrogen) atoms. The molecule has 0 bridgehead atoms. The molecule has 0 aliphatic heterocycles. The van der Waals surface area contributed by atoms with Crippen LogP contribution in [0.4, 0.5) is 5.69 Å². The van der Waals surface area contributed by atoms with Crippen LogP contribution in [0.5, 0.6) is 0 Å². The number of benzene rings is 1. The van der Waals surface area contributed by atoms with E-state index in [0.29, 0.717) is 11.4 Å². The summed E-state index contributed by atoms with van der Waals surface area (Å²) in [6, 6.07) is 5.79. The van der Waals surface area contributed by atoms with Gasteiger partial charge in [-0.2, -0.15) is 4.98 Å². The fourth-order valence-electron chi connectivity index (χ4n) is 1.88. The lowest BCUT2D eigenvalue weighted by Crippen LogP contribution is -2.13. The molecule has 7 nitrogen and oxygen atoms in total. The number of aromatic nitrogens is 4. The fourth-order valence-corrected chi connectivity index (χ4v) is 1.88. The van der Waals surface area contributed by atoms with E-state index in [1.165, 1.54) is 18.6 Å². The Morgan fingerprint density at radius 3 is 2.86 bits per heavy atom. The number of nitrogens with one attached hydrogen (secondary N) is 1. The first-order valence-corrected chi connectivity index (χ1v) is 6.62. The van der Waals surface area contributed by atoms with Crippen LogP contribution in [-0.2, 0) is 0 Å². The second kappa shape index (κ2) is 5.72. The summed E-state index contributed by atoms with van der Waals surface area (Å²) in [6.45, 7) is 3.86. The lowest BCUT2D eigenvalue weighted by Gasteiger charge is -2.06.